The Hall–Kier alpha value is -3.39. The Balaban J connectivity index is 1.85. The number of pyridine rings is 1. The van der Waals surface area contributed by atoms with E-state index in [4.69, 9.17) is 0 Å². The minimum atomic E-state index is 0.453. The second-order valence-corrected chi connectivity index (χ2v) is 10.4. The molecule has 0 saturated carbocycles. The smallest absolute Gasteiger partial charge is 0.201 e. The van der Waals surface area contributed by atoms with E-state index in [9.17, 15) is 0 Å². The quantitative estimate of drug-likeness (QED) is 0.245. The molecule has 0 amide bonds. The average molecular weight is 448 g/mol. The first-order valence-electron chi connectivity index (χ1n) is 12.4. The van der Waals surface area contributed by atoms with Gasteiger partial charge in [0.25, 0.3) is 6.33 Å². The summed E-state index contributed by atoms with van der Waals surface area (Å²) in [6.45, 7) is 15.8. The lowest BCUT2D eigenvalue weighted by atomic mass is 9.92. The number of fused-ring (bicyclic) bond motifs is 3. The van der Waals surface area contributed by atoms with Gasteiger partial charge in [-0.25, -0.2) is 4.57 Å². The molecule has 3 aromatic carbocycles. The van der Waals surface area contributed by atoms with Crippen molar-refractivity contribution < 1.29 is 4.57 Å². The highest BCUT2D eigenvalue weighted by molar-refractivity contribution is 5.97. The summed E-state index contributed by atoms with van der Waals surface area (Å²) < 4.78 is 4.73. The molecule has 0 radical (unpaired) electrons. The van der Waals surface area contributed by atoms with Crippen molar-refractivity contribution in [2.45, 2.75) is 60.3 Å². The molecule has 2 heteroatoms. The van der Waals surface area contributed by atoms with E-state index in [1.807, 2.05) is 0 Å². The molecular formula is C32H35N2+. The number of benzene rings is 3. The molecule has 5 rings (SSSR count). The second-order valence-electron chi connectivity index (χ2n) is 10.4. The van der Waals surface area contributed by atoms with Gasteiger partial charge in [0, 0.05) is 22.1 Å². The number of imidazole rings is 1. The zero-order valence-corrected chi connectivity index (χ0v) is 21.5. The van der Waals surface area contributed by atoms with Crippen LogP contribution in [-0.4, -0.2) is 4.40 Å². The van der Waals surface area contributed by atoms with E-state index < -0.39 is 0 Å². The fourth-order valence-electron chi connectivity index (χ4n) is 5.62. The van der Waals surface area contributed by atoms with Crippen LogP contribution in [0.5, 0.6) is 0 Å². The number of rotatable bonds is 4. The summed E-state index contributed by atoms with van der Waals surface area (Å²) in [7, 11) is 0. The first-order chi connectivity index (χ1) is 16.3. The molecule has 0 N–H and O–H groups in total. The Labute approximate surface area is 203 Å². The van der Waals surface area contributed by atoms with Crippen LogP contribution in [0.1, 0.15) is 67.3 Å². The first kappa shape index (κ1) is 22.4. The predicted molar refractivity (Wildman–Crippen MR) is 144 cm³/mol. The first-order valence-corrected chi connectivity index (χ1v) is 12.4. The molecule has 0 fully saturated rings. The molecule has 0 saturated heterocycles. The molecule has 2 heterocycles. The van der Waals surface area contributed by atoms with E-state index in [2.05, 4.69) is 131 Å². The molecule has 0 unspecified atom stereocenters. The van der Waals surface area contributed by atoms with Crippen LogP contribution in [0.15, 0.2) is 73.2 Å². The van der Waals surface area contributed by atoms with Gasteiger partial charge in [-0.15, -0.1) is 0 Å². The third kappa shape index (κ3) is 3.62. The molecule has 0 spiro atoms. The van der Waals surface area contributed by atoms with Crippen molar-refractivity contribution in [1.82, 2.24) is 4.40 Å². The van der Waals surface area contributed by atoms with Crippen LogP contribution in [-0.2, 0) is 0 Å². The minimum absolute atomic E-state index is 0.453. The Morgan fingerprint density at radius 3 is 1.97 bits per heavy atom. The maximum Gasteiger partial charge on any atom is 0.254 e. The molecule has 0 bridgehead atoms. The van der Waals surface area contributed by atoms with Gasteiger partial charge in [0.05, 0.1) is 0 Å². The molecule has 34 heavy (non-hydrogen) atoms. The lowest BCUT2D eigenvalue weighted by molar-refractivity contribution is -0.595. The largest absolute Gasteiger partial charge is 0.254 e. The van der Waals surface area contributed by atoms with Crippen LogP contribution in [0.2, 0.25) is 0 Å². The molecule has 172 valence electrons. The molecule has 0 aliphatic carbocycles. The van der Waals surface area contributed by atoms with Gasteiger partial charge in [-0.1, -0.05) is 81.8 Å². The Morgan fingerprint density at radius 2 is 1.35 bits per heavy atom. The van der Waals surface area contributed by atoms with Gasteiger partial charge in [-0.2, -0.15) is 4.40 Å². The monoisotopic (exact) mass is 447 g/mol. The zero-order chi connectivity index (χ0) is 24.1. The van der Waals surface area contributed by atoms with Gasteiger partial charge in [0.15, 0.2) is 5.52 Å². The molecular weight excluding hydrogens is 412 g/mol. The van der Waals surface area contributed by atoms with Crippen LogP contribution < -0.4 is 4.57 Å². The number of nitrogens with zero attached hydrogens (tertiary/aromatic N) is 2. The van der Waals surface area contributed by atoms with Crippen molar-refractivity contribution in [2.24, 2.45) is 0 Å². The van der Waals surface area contributed by atoms with Crippen LogP contribution >= 0.6 is 0 Å². The van der Waals surface area contributed by atoms with E-state index in [1.165, 1.54) is 61.1 Å². The third-order valence-electron chi connectivity index (χ3n) is 7.08. The van der Waals surface area contributed by atoms with E-state index in [0.717, 1.165) is 0 Å². The van der Waals surface area contributed by atoms with Gasteiger partial charge in [-0.3, -0.25) is 0 Å². The zero-order valence-electron chi connectivity index (χ0n) is 21.5. The van der Waals surface area contributed by atoms with Crippen LogP contribution in [0.4, 0.5) is 0 Å². The van der Waals surface area contributed by atoms with E-state index in [1.54, 1.807) is 0 Å². The fraction of sp³-hybridized carbons (Fsp3) is 0.281. The predicted octanol–water partition coefficient (Wildman–Crippen LogP) is 8.21. The van der Waals surface area contributed by atoms with Gasteiger partial charge in [-0.05, 0) is 61.4 Å². The SMILES string of the molecule is Cc1cc(C)c(-c2cccc3ccc4c[n+](-c5c(C(C)C)cccc5C(C)C)cn4c23)c(C)c1. The topological polar surface area (TPSA) is 8.29 Å². The summed E-state index contributed by atoms with van der Waals surface area (Å²) in [5.41, 5.74) is 13.2. The van der Waals surface area contributed by atoms with Crippen LogP contribution in [0.3, 0.4) is 0 Å². The van der Waals surface area contributed by atoms with Crippen molar-refractivity contribution in [3.63, 3.8) is 0 Å². The Kier molecular flexibility index (Phi) is 5.56. The molecule has 0 aliphatic heterocycles. The summed E-state index contributed by atoms with van der Waals surface area (Å²) in [6.07, 6.45) is 4.57. The van der Waals surface area contributed by atoms with Crippen molar-refractivity contribution in [1.29, 1.82) is 0 Å². The number of aromatic nitrogens is 2. The standard InChI is InChI=1S/C32H35N2/c1-20(2)27-11-9-12-28(21(3)4)32(27)33-18-26-15-14-25-10-8-13-29(31(25)34(26)19-33)30-23(6)16-22(5)17-24(30)7/h8-21H,1-7H3/q+1. The van der Waals surface area contributed by atoms with E-state index in [0.29, 0.717) is 11.8 Å². The highest BCUT2D eigenvalue weighted by Gasteiger charge is 2.23. The number of aryl methyl sites for hydroxylation is 3. The second kappa shape index (κ2) is 8.43. The molecule has 0 atom stereocenters. The lowest BCUT2D eigenvalue weighted by Gasteiger charge is -2.16. The van der Waals surface area contributed by atoms with Crippen molar-refractivity contribution in [2.75, 3.05) is 0 Å². The van der Waals surface area contributed by atoms with Crippen LogP contribution in [0.25, 0.3) is 33.2 Å². The van der Waals surface area contributed by atoms with Crippen molar-refractivity contribution in [3.8, 4) is 16.8 Å². The van der Waals surface area contributed by atoms with Crippen molar-refractivity contribution in [3.05, 3.63) is 101 Å². The number of hydrogen-bond donors (Lipinski definition) is 0. The molecule has 2 nitrogen and oxygen atoms in total. The highest BCUT2D eigenvalue weighted by atomic mass is 15.1. The lowest BCUT2D eigenvalue weighted by Crippen LogP contribution is -2.31. The molecule has 0 aliphatic rings. The third-order valence-corrected chi connectivity index (χ3v) is 7.08. The summed E-state index contributed by atoms with van der Waals surface area (Å²) in [5, 5.41) is 1.26. The fourth-order valence-corrected chi connectivity index (χ4v) is 5.62. The Morgan fingerprint density at radius 1 is 0.735 bits per heavy atom. The Bertz CT molecular complexity index is 1480. The van der Waals surface area contributed by atoms with E-state index >= 15 is 0 Å². The van der Waals surface area contributed by atoms with Gasteiger partial charge >= 0.3 is 0 Å². The maximum atomic E-state index is 2.38. The normalized spacial score (nSPS) is 11.9. The van der Waals surface area contributed by atoms with Crippen LogP contribution in [0, 0.1) is 20.8 Å². The van der Waals surface area contributed by atoms with Gasteiger partial charge in [0.1, 0.15) is 17.4 Å². The maximum absolute atomic E-state index is 2.38. The van der Waals surface area contributed by atoms with Gasteiger partial charge < -0.3 is 0 Å². The molecule has 5 aromatic rings. The van der Waals surface area contributed by atoms with Gasteiger partial charge in [0.2, 0.25) is 0 Å². The van der Waals surface area contributed by atoms with E-state index in [-0.39, 0.29) is 0 Å². The highest BCUT2D eigenvalue weighted by Crippen LogP contribution is 2.35. The van der Waals surface area contributed by atoms with Crippen molar-refractivity contribution >= 4 is 16.4 Å². The number of hydrogen-bond acceptors (Lipinski definition) is 0. The summed E-state index contributed by atoms with van der Waals surface area (Å²) in [6, 6.07) is 22.6. The number of para-hydroxylation sites is 2. The summed E-state index contributed by atoms with van der Waals surface area (Å²) in [5.74, 6) is 0.906. The summed E-state index contributed by atoms with van der Waals surface area (Å²) in [4.78, 5) is 0. The average Bonchev–Trinajstić information content (AvgIpc) is 3.22. The molecule has 2 aromatic heterocycles. The minimum Gasteiger partial charge on any atom is -0.201 e. The summed E-state index contributed by atoms with van der Waals surface area (Å²) >= 11 is 0.